The molecule has 1 aromatic heterocycles. The van der Waals surface area contributed by atoms with Gasteiger partial charge >= 0.3 is 5.97 Å². The highest BCUT2D eigenvalue weighted by Gasteiger charge is 2.12. The van der Waals surface area contributed by atoms with Crippen LogP contribution in [0.5, 0.6) is 17.2 Å². The van der Waals surface area contributed by atoms with Gasteiger partial charge in [-0.2, -0.15) is 0 Å². The van der Waals surface area contributed by atoms with E-state index in [1.807, 2.05) is 50.2 Å². The third-order valence-electron chi connectivity index (χ3n) is 4.93. The van der Waals surface area contributed by atoms with Crippen molar-refractivity contribution in [2.75, 3.05) is 6.61 Å². The molecule has 158 valence electrons. The lowest BCUT2D eigenvalue weighted by Gasteiger charge is -2.11. The summed E-state index contributed by atoms with van der Waals surface area (Å²) in [6.07, 6.45) is 1.85. The number of carbonyl (C=O) groups is 1. The van der Waals surface area contributed by atoms with Crippen LogP contribution in [-0.2, 0) is 9.53 Å². The van der Waals surface area contributed by atoms with E-state index in [0.717, 1.165) is 17.2 Å². The normalized spacial score (nSPS) is 11.9. The summed E-state index contributed by atoms with van der Waals surface area (Å²) in [5.74, 6) is 0.591. The van der Waals surface area contributed by atoms with Crippen molar-refractivity contribution in [3.8, 4) is 17.2 Å². The zero-order chi connectivity index (χ0) is 21.8. The lowest BCUT2D eigenvalue weighted by atomic mass is 10.1. The summed E-state index contributed by atoms with van der Waals surface area (Å²) in [6.45, 7) is 3.53. The molecule has 0 saturated heterocycles. The van der Waals surface area contributed by atoms with Gasteiger partial charge in [0.2, 0.25) is 11.2 Å². The Hall–Kier alpha value is -3.80. The van der Waals surface area contributed by atoms with Crippen molar-refractivity contribution in [2.24, 2.45) is 0 Å². The Labute approximate surface area is 179 Å². The molecule has 4 aromatic rings. The van der Waals surface area contributed by atoms with E-state index in [9.17, 15) is 9.59 Å². The van der Waals surface area contributed by atoms with Gasteiger partial charge in [0, 0.05) is 6.07 Å². The van der Waals surface area contributed by atoms with E-state index in [-0.39, 0.29) is 23.9 Å². The smallest absolute Gasteiger partial charge is 0.344 e. The Morgan fingerprint density at radius 3 is 2.58 bits per heavy atom. The van der Waals surface area contributed by atoms with Crippen LogP contribution in [0.2, 0.25) is 0 Å². The molecule has 0 aliphatic rings. The maximum Gasteiger partial charge on any atom is 0.344 e. The van der Waals surface area contributed by atoms with E-state index < -0.39 is 5.97 Å². The molecule has 0 aliphatic heterocycles. The van der Waals surface area contributed by atoms with Crippen LogP contribution in [-0.4, -0.2) is 18.7 Å². The number of esters is 1. The summed E-state index contributed by atoms with van der Waals surface area (Å²) >= 11 is 0. The first-order chi connectivity index (χ1) is 15.0. The predicted octanol–water partition coefficient (Wildman–Crippen LogP) is 5.46. The van der Waals surface area contributed by atoms with Gasteiger partial charge in [0.05, 0.1) is 11.5 Å². The summed E-state index contributed by atoms with van der Waals surface area (Å²) in [7, 11) is 0. The van der Waals surface area contributed by atoms with E-state index in [1.54, 1.807) is 24.3 Å². The molecule has 0 amide bonds. The second-order valence-electron chi connectivity index (χ2n) is 7.20. The third-order valence-corrected chi connectivity index (χ3v) is 4.93. The van der Waals surface area contributed by atoms with Crippen molar-refractivity contribution >= 4 is 27.7 Å². The molecule has 31 heavy (non-hydrogen) atoms. The van der Waals surface area contributed by atoms with E-state index in [4.69, 9.17) is 18.6 Å². The van der Waals surface area contributed by atoms with E-state index >= 15 is 0 Å². The molecular weight excluding hydrogens is 396 g/mol. The van der Waals surface area contributed by atoms with Crippen LogP contribution in [0.25, 0.3) is 21.7 Å². The van der Waals surface area contributed by atoms with Crippen molar-refractivity contribution in [3.05, 3.63) is 77.2 Å². The van der Waals surface area contributed by atoms with E-state index in [2.05, 4.69) is 0 Å². The Kier molecular flexibility index (Phi) is 5.89. The monoisotopic (exact) mass is 418 g/mol. The van der Waals surface area contributed by atoms with E-state index in [0.29, 0.717) is 22.5 Å². The minimum atomic E-state index is -0.449. The van der Waals surface area contributed by atoms with Gasteiger partial charge in [-0.3, -0.25) is 4.79 Å². The summed E-state index contributed by atoms with van der Waals surface area (Å²) in [6, 6.07) is 18.3. The topological polar surface area (TPSA) is 75.0 Å². The molecular formula is C25H22O6. The average Bonchev–Trinajstić information content (AvgIpc) is 2.79. The van der Waals surface area contributed by atoms with Gasteiger partial charge in [-0.25, -0.2) is 4.79 Å². The molecule has 0 aliphatic carbocycles. The molecule has 1 heterocycles. The van der Waals surface area contributed by atoms with Crippen LogP contribution in [0.1, 0.15) is 20.3 Å². The van der Waals surface area contributed by atoms with Crippen molar-refractivity contribution in [3.63, 3.8) is 0 Å². The van der Waals surface area contributed by atoms with Crippen LogP contribution in [0, 0.1) is 0 Å². The number of carbonyl (C=O) groups excluding carboxylic acids is 1. The van der Waals surface area contributed by atoms with Crippen LogP contribution in [0.15, 0.2) is 76.1 Å². The minimum Gasteiger partial charge on any atom is -0.482 e. The van der Waals surface area contributed by atoms with Gasteiger partial charge < -0.3 is 18.6 Å². The minimum absolute atomic E-state index is 0.0913. The first kappa shape index (κ1) is 20.5. The standard InChI is InChI=1S/C25H22O6/c1-3-16(2)30-24(26)15-28-19-10-11-21-22(13-19)29-14-23(25(21)27)31-20-9-8-17-6-4-5-7-18(17)12-20/h4-14,16H,3,15H2,1-2H3/t16-/m0/s1. The molecule has 0 unspecified atom stereocenters. The third kappa shape index (κ3) is 4.69. The SMILES string of the molecule is CC[C@H](C)OC(=O)COc1ccc2c(=O)c(Oc3ccc4ccccc4c3)coc2c1. The number of hydrogen-bond donors (Lipinski definition) is 0. The molecule has 6 nitrogen and oxygen atoms in total. The maximum atomic E-state index is 12.8. The highest BCUT2D eigenvalue weighted by atomic mass is 16.6. The van der Waals surface area contributed by atoms with Crippen molar-refractivity contribution in [1.29, 1.82) is 0 Å². The molecule has 0 saturated carbocycles. The predicted molar refractivity (Wildman–Crippen MR) is 118 cm³/mol. The number of rotatable bonds is 7. The van der Waals surface area contributed by atoms with Gasteiger partial charge in [-0.1, -0.05) is 37.3 Å². The highest BCUT2D eigenvalue weighted by Crippen LogP contribution is 2.26. The number of ether oxygens (including phenoxy) is 3. The second-order valence-corrected chi connectivity index (χ2v) is 7.20. The zero-order valence-electron chi connectivity index (χ0n) is 17.3. The van der Waals surface area contributed by atoms with Gasteiger partial charge in [0.15, 0.2) is 6.61 Å². The zero-order valence-corrected chi connectivity index (χ0v) is 17.3. The molecule has 0 N–H and O–H groups in total. The summed E-state index contributed by atoms with van der Waals surface area (Å²) in [4.78, 5) is 24.6. The molecule has 6 heteroatoms. The quantitative estimate of drug-likeness (QED) is 0.371. The van der Waals surface area contributed by atoms with Crippen LogP contribution in [0.4, 0.5) is 0 Å². The second kappa shape index (κ2) is 8.92. The lowest BCUT2D eigenvalue weighted by Crippen LogP contribution is -2.20. The molecule has 3 aromatic carbocycles. The Bertz CT molecular complexity index is 1290. The Morgan fingerprint density at radius 1 is 1.00 bits per heavy atom. The van der Waals surface area contributed by atoms with Crippen LogP contribution in [0.3, 0.4) is 0 Å². The average molecular weight is 418 g/mol. The number of fused-ring (bicyclic) bond motifs is 2. The lowest BCUT2D eigenvalue weighted by molar-refractivity contribution is -0.150. The summed E-state index contributed by atoms with van der Waals surface area (Å²) in [5, 5.41) is 2.45. The van der Waals surface area contributed by atoms with Crippen LogP contribution >= 0.6 is 0 Å². The van der Waals surface area contributed by atoms with Crippen molar-refractivity contribution in [1.82, 2.24) is 0 Å². The maximum absolute atomic E-state index is 12.8. The fourth-order valence-electron chi connectivity index (χ4n) is 3.09. The Balaban J connectivity index is 1.51. The Morgan fingerprint density at radius 2 is 1.77 bits per heavy atom. The van der Waals surface area contributed by atoms with Gasteiger partial charge in [0.1, 0.15) is 23.3 Å². The largest absolute Gasteiger partial charge is 0.482 e. The molecule has 0 spiro atoms. The molecule has 1 atom stereocenters. The van der Waals surface area contributed by atoms with Crippen LogP contribution < -0.4 is 14.9 Å². The molecule has 0 fully saturated rings. The number of benzene rings is 3. The fraction of sp³-hybridized carbons (Fsp3) is 0.200. The van der Waals surface area contributed by atoms with E-state index in [1.165, 1.54) is 6.26 Å². The summed E-state index contributed by atoms with van der Waals surface area (Å²) in [5.41, 5.74) is 0.0424. The first-order valence-electron chi connectivity index (χ1n) is 10.1. The van der Waals surface area contributed by atoms with Gasteiger partial charge in [-0.15, -0.1) is 0 Å². The van der Waals surface area contributed by atoms with Crippen molar-refractivity contribution < 1.29 is 23.4 Å². The van der Waals surface area contributed by atoms with Gasteiger partial charge in [-0.05, 0) is 48.4 Å². The molecule has 0 radical (unpaired) electrons. The van der Waals surface area contributed by atoms with Crippen molar-refractivity contribution in [2.45, 2.75) is 26.4 Å². The summed E-state index contributed by atoms with van der Waals surface area (Å²) < 4.78 is 22.0. The first-order valence-corrected chi connectivity index (χ1v) is 10.1. The number of hydrogen-bond acceptors (Lipinski definition) is 6. The molecule has 0 bridgehead atoms. The highest BCUT2D eigenvalue weighted by molar-refractivity contribution is 5.84. The van der Waals surface area contributed by atoms with Gasteiger partial charge in [0.25, 0.3) is 0 Å². The molecule has 4 rings (SSSR count). The fourth-order valence-corrected chi connectivity index (χ4v) is 3.09.